The van der Waals surface area contributed by atoms with Gasteiger partial charge in [-0.25, -0.2) is 9.97 Å². The molecule has 2 aromatic heterocycles. The van der Waals surface area contributed by atoms with Crippen LogP contribution in [0.15, 0.2) is 42.9 Å². The van der Waals surface area contributed by atoms with Gasteiger partial charge in [0.1, 0.15) is 0 Å². The minimum absolute atomic E-state index is 0.0586. The molecule has 1 amide bonds. The highest BCUT2D eigenvalue weighted by Gasteiger charge is 2.10. The molecule has 0 saturated carbocycles. The van der Waals surface area contributed by atoms with E-state index in [1.165, 1.54) is 0 Å². The van der Waals surface area contributed by atoms with E-state index in [0.717, 1.165) is 28.9 Å². The molecule has 3 aromatic rings. The summed E-state index contributed by atoms with van der Waals surface area (Å²) < 4.78 is 1.71. The first-order valence-electron chi connectivity index (χ1n) is 8.54. The first-order chi connectivity index (χ1) is 12.6. The van der Waals surface area contributed by atoms with Crippen LogP contribution in [-0.4, -0.2) is 32.2 Å². The maximum atomic E-state index is 12.0. The van der Waals surface area contributed by atoms with Crippen LogP contribution in [0.3, 0.4) is 0 Å². The zero-order valence-corrected chi connectivity index (χ0v) is 15.2. The molecule has 0 spiro atoms. The van der Waals surface area contributed by atoms with Gasteiger partial charge >= 0.3 is 0 Å². The van der Waals surface area contributed by atoms with Crippen LogP contribution in [-0.2, 0) is 7.05 Å². The van der Waals surface area contributed by atoms with Gasteiger partial charge in [-0.15, -0.1) is 0 Å². The van der Waals surface area contributed by atoms with Gasteiger partial charge in [-0.2, -0.15) is 5.10 Å². The van der Waals surface area contributed by atoms with Crippen molar-refractivity contribution in [2.45, 2.75) is 20.3 Å². The third kappa shape index (κ3) is 4.05. The van der Waals surface area contributed by atoms with Gasteiger partial charge < -0.3 is 10.6 Å². The van der Waals surface area contributed by atoms with Crippen LogP contribution in [0.1, 0.15) is 29.3 Å². The lowest BCUT2D eigenvalue weighted by Gasteiger charge is -2.09. The van der Waals surface area contributed by atoms with Gasteiger partial charge in [0, 0.05) is 37.1 Å². The molecule has 0 atom stereocenters. The SMILES string of the molecule is CCCNC(=O)c1ccc(-c2nc(Nc3cnn(C)c3)ncc2C)cc1. The Morgan fingerprint density at radius 2 is 1.96 bits per heavy atom. The van der Waals surface area contributed by atoms with Gasteiger partial charge in [-0.3, -0.25) is 9.48 Å². The summed E-state index contributed by atoms with van der Waals surface area (Å²) in [6.45, 7) is 4.67. The molecule has 2 heterocycles. The predicted octanol–water partition coefficient (Wildman–Crippen LogP) is 3.07. The highest BCUT2D eigenvalue weighted by Crippen LogP contribution is 2.23. The van der Waals surface area contributed by atoms with E-state index in [-0.39, 0.29) is 5.91 Å². The summed E-state index contributed by atoms with van der Waals surface area (Å²) in [6.07, 6.45) is 6.26. The van der Waals surface area contributed by atoms with Crippen LogP contribution in [0.5, 0.6) is 0 Å². The topological polar surface area (TPSA) is 84.7 Å². The van der Waals surface area contributed by atoms with Crippen molar-refractivity contribution in [3.8, 4) is 11.3 Å². The summed E-state index contributed by atoms with van der Waals surface area (Å²) in [7, 11) is 1.85. The molecule has 0 saturated heterocycles. The fourth-order valence-corrected chi connectivity index (χ4v) is 2.53. The van der Waals surface area contributed by atoms with Crippen molar-refractivity contribution >= 4 is 17.5 Å². The zero-order valence-electron chi connectivity index (χ0n) is 15.2. The molecule has 0 aliphatic heterocycles. The van der Waals surface area contributed by atoms with Crippen LogP contribution in [0.25, 0.3) is 11.3 Å². The highest BCUT2D eigenvalue weighted by molar-refractivity contribution is 5.94. The standard InChI is InChI=1S/C19H22N6O/c1-4-9-20-18(26)15-7-5-14(6-8-15)17-13(2)10-21-19(24-17)23-16-11-22-25(3)12-16/h5-8,10-12H,4,9H2,1-3H3,(H,20,26)(H,21,23,24). The number of amides is 1. The molecule has 0 radical (unpaired) electrons. The molecule has 26 heavy (non-hydrogen) atoms. The molecule has 1 aromatic carbocycles. The number of anilines is 2. The molecular formula is C19H22N6O. The number of carbonyl (C=O) groups is 1. The van der Waals surface area contributed by atoms with E-state index in [2.05, 4.69) is 25.7 Å². The zero-order chi connectivity index (χ0) is 18.5. The Balaban J connectivity index is 1.81. The minimum atomic E-state index is -0.0586. The largest absolute Gasteiger partial charge is 0.352 e. The van der Waals surface area contributed by atoms with E-state index in [1.54, 1.807) is 17.1 Å². The van der Waals surface area contributed by atoms with Crippen molar-refractivity contribution in [2.75, 3.05) is 11.9 Å². The number of carbonyl (C=O) groups excluding carboxylic acids is 1. The van der Waals surface area contributed by atoms with Gasteiger partial charge in [0.05, 0.1) is 17.6 Å². The Labute approximate surface area is 152 Å². The minimum Gasteiger partial charge on any atom is -0.352 e. The number of aryl methyl sites for hydroxylation is 2. The van der Waals surface area contributed by atoms with Gasteiger partial charge in [-0.05, 0) is 31.0 Å². The Bertz CT molecular complexity index is 901. The molecule has 7 heteroatoms. The van der Waals surface area contributed by atoms with Gasteiger partial charge in [0.15, 0.2) is 0 Å². The molecule has 2 N–H and O–H groups in total. The Kier molecular flexibility index (Phi) is 5.26. The third-order valence-electron chi connectivity index (χ3n) is 3.89. The van der Waals surface area contributed by atoms with Gasteiger partial charge in [-0.1, -0.05) is 19.1 Å². The van der Waals surface area contributed by atoms with Crippen LogP contribution in [0.2, 0.25) is 0 Å². The number of benzene rings is 1. The summed E-state index contributed by atoms with van der Waals surface area (Å²) in [5, 5.41) is 10.1. The van der Waals surface area contributed by atoms with Crippen molar-refractivity contribution in [3.63, 3.8) is 0 Å². The summed E-state index contributed by atoms with van der Waals surface area (Å²) in [4.78, 5) is 21.0. The Morgan fingerprint density at radius 3 is 2.62 bits per heavy atom. The number of hydrogen-bond acceptors (Lipinski definition) is 5. The molecule has 0 bridgehead atoms. The highest BCUT2D eigenvalue weighted by atomic mass is 16.1. The fraction of sp³-hybridized carbons (Fsp3) is 0.263. The van der Waals surface area contributed by atoms with E-state index >= 15 is 0 Å². The van der Waals surface area contributed by atoms with Crippen LogP contribution < -0.4 is 10.6 Å². The summed E-state index contributed by atoms with van der Waals surface area (Å²) in [6, 6.07) is 7.44. The van der Waals surface area contributed by atoms with Gasteiger partial charge in [0.25, 0.3) is 5.91 Å². The molecule has 3 rings (SSSR count). The second kappa shape index (κ2) is 7.77. The average molecular weight is 350 g/mol. The van der Waals surface area contributed by atoms with Crippen molar-refractivity contribution in [1.29, 1.82) is 0 Å². The normalized spacial score (nSPS) is 10.6. The Morgan fingerprint density at radius 1 is 1.19 bits per heavy atom. The van der Waals surface area contributed by atoms with Gasteiger partial charge in [0.2, 0.25) is 5.95 Å². The number of hydrogen-bond donors (Lipinski definition) is 2. The molecule has 0 aliphatic rings. The molecule has 0 unspecified atom stereocenters. The van der Waals surface area contributed by atoms with E-state index < -0.39 is 0 Å². The maximum Gasteiger partial charge on any atom is 0.251 e. The predicted molar refractivity (Wildman–Crippen MR) is 101 cm³/mol. The molecule has 134 valence electrons. The van der Waals surface area contributed by atoms with Crippen molar-refractivity contribution < 1.29 is 4.79 Å². The molecule has 0 aliphatic carbocycles. The lowest BCUT2D eigenvalue weighted by molar-refractivity contribution is 0.0953. The summed E-state index contributed by atoms with van der Waals surface area (Å²) in [5.41, 5.74) is 4.19. The van der Waals surface area contributed by atoms with E-state index in [9.17, 15) is 4.79 Å². The Hall–Kier alpha value is -3.22. The number of rotatable bonds is 6. The molecular weight excluding hydrogens is 328 g/mol. The van der Waals surface area contributed by atoms with Crippen molar-refractivity contribution in [1.82, 2.24) is 25.1 Å². The average Bonchev–Trinajstić information content (AvgIpc) is 3.06. The van der Waals surface area contributed by atoms with E-state index in [1.807, 2.05) is 51.4 Å². The first-order valence-corrected chi connectivity index (χ1v) is 8.54. The quantitative estimate of drug-likeness (QED) is 0.714. The van der Waals surface area contributed by atoms with Crippen molar-refractivity contribution in [3.05, 3.63) is 54.0 Å². The second-order valence-corrected chi connectivity index (χ2v) is 6.09. The smallest absolute Gasteiger partial charge is 0.251 e. The second-order valence-electron chi connectivity index (χ2n) is 6.09. The molecule has 0 fully saturated rings. The fourth-order valence-electron chi connectivity index (χ4n) is 2.53. The van der Waals surface area contributed by atoms with Crippen LogP contribution in [0, 0.1) is 6.92 Å². The van der Waals surface area contributed by atoms with E-state index in [0.29, 0.717) is 18.1 Å². The van der Waals surface area contributed by atoms with Crippen LogP contribution in [0.4, 0.5) is 11.6 Å². The summed E-state index contributed by atoms with van der Waals surface area (Å²) in [5.74, 6) is 0.445. The number of nitrogens with one attached hydrogen (secondary N) is 2. The lowest BCUT2D eigenvalue weighted by Crippen LogP contribution is -2.23. The first kappa shape index (κ1) is 17.6. The maximum absolute atomic E-state index is 12.0. The van der Waals surface area contributed by atoms with E-state index in [4.69, 9.17) is 0 Å². The monoisotopic (exact) mass is 350 g/mol. The van der Waals surface area contributed by atoms with Crippen LogP contribution >= 0.6 is 0 Å². The summed E-state index contributed by atoms with van der Waals surface area (Å²) >= 11 is 0. The van der Waals surface area contributed by atoms with Crippen molar-refractivity contribution in [2.24, 2.45) is 7.05 Å². The molecule has 7 nitrogen and oxygen atoms in total. The third-order valence-corrected chi connectivity index (χ3v) is 3.89. The lowest BCUT2D eigenvalue weighted by atomic mass is 10.1. The number of nitrogens with zero attached hydrogens (tertiary/aromatic N) is 4. The number of aromatic nitrogens is 4.